The van der Waals surface area contributed by atoms with Crippen LogP contribution in [0.5, 0.6) is 5.75 Å². The number of methoxy groups -OCH3 is 1. The highest BCUT2D eigenvalue weighted by Gasteiger charge is 2.40. The number of ether oxygens (including phenoxy) is 1. The van der Waals surface area contributed by atoms with Gasteiger partial charge in [-0.3, -0.25) is 8.99 Å². The molecule has 0 amide bonds. The van der Waals surface area contributed by atoms with Crippen molar-refractivity contribution in [3.8, 4) is 5.75 Å². The molecule has 0 atom stereocenters. The third kappa shape index (κ3) is 4.93. The van der Waals surface area contributed by atoms with Crippen molar-refractivity contribution in [2.45, 2.75) is 17.6 Å². The zero-order valence-corrected chi connectivity index (χ0v) is 19.6. The van der Waals surface area contributed by atoms with Gasteiger partial charge in [-0.25, -0.2) is 8.42 Å². The molecule has 0 aliphatic carbocycles. The molecule has 0 radical (unpaired) electrons. The summed E-state index contributed by atoms with van der Waals surface area (Å²) in [5, 5.41) is 3.15. The molecule has 0 saturated heterocycles. The molecule has 2 aromatic carbocycles. The van der Waals surface area contributed by atoms with Crippen LogP contribution in [0.25, 0.3) is 0 Å². The summed E-state index contributed by atoms with van der Waals surface area (Å²) in [6, 6.07) is 9.35. The van der Waals surface area contributed by atoms with Gasteiger partial charge in [0.2, 0.25) is 0 Å². The van der Waals surface area contributed by atoms with Crippen molar-refractivity contribution in [3.05, 3.63) is 68.9 Å². The Labute approximate surface area is 197 Å². The first-order valence-corrected chi connectivity index (χ1v) is 11.3. The van der Waals surface area contributed by atoms with Gasteiger partial charge >= 0.3 is 6.18 Å². The Kier molecular flexibility index (Phi) is 6.90. The van der Waals surface area contributed by atoms with Crippen LogP contribution in [0.2, 0.25) is 15.2 Å². The minimum Gasteiger partial charge on any atom is -0.497 e. The van der Waals surface area contributed by atoms with Gasteiger partial charge in [-0.2, -0.15) is 18.3 Å². The van der Waals surface area contributed by atoms with E-state index >= 15 is 0 Å². The van der Waals surface area contributed by atoms with Crippen LogP contribution < -0.4 is 9.04 Å². The van der Waals surface area contributed by atoms with Crippen LogP contribution in [-0.2, 0) is 29.8 Å². The van der Waals surface area contributed by atoms with E-state index in [4.69, 9.17) is 39.5 Å². The first-order valence-electron chi connectivity index (χ1n) is 8.76. The van der Waals surface area contributed by atoms with Crippen molar-refractivity contribution in [1.29, 1.82) is 0 Å². The lowest BCUT2D eigenvalue weighted by atomic mass is 10.2. The molecule has 3 rings (SSSR count). The van der Waals surface area contributed by atoms with Crippen molar-refractivity contribution < 1.29 is 26.3 Å². The third-order valence-corrected chi connectivity index (χ3v) is 7.08. The molecule has 13 heteroatoms. The average Bonchev–Trinajstić information content (AvgIpc) is 3.00. The van der Waals surface area contributed by atoms with Crippen LogP contribution >= 0.6 is 34.8 Å². The first kappa shape index (κ1) is 24.5. The molecule has 3 aromatic rings. The molecule has 172 valence electrons. The highest BCUT2D eigenvalue weighted by atomic mass is 35.5. The van der Waals surface area contributed by atoms with Gasteiger partial charge in [-0.05, 0) is 42.5 Å². The second-order valence-corrected chi connectivity index (χ2v) is 9.65. The molecular formula is C19H15Cl3F3N3O3S. The van der Waals surface area contributed by atoms with E-state index in [9.17, 15) is 21.6 Å². The maximum Gasteiger partial charge on any atom is 0.435 e. The van der Waals surface area contributed by atoms with Gasteiger partial charge in [0.1, 0.15) is 10.9 Å². The van der Waals surface area contributed by atoms with Crippen LogP contribution in [0, 0.1) is 0 Å². The van der Waals surface area contributed by atoms with E-state index in [1.165, 1.54) is 44.5 Å². The summed E-state index contributed by atoms with van der Waals surface area (Å²) in [4.78, 5) is -0.306. The number of halogens is 6. The summed E-state index contributed by atoms with van der Waals surface area (Å²) < 4.78 is 74.4. The standard InChI is InChI=1S/C19H15Cl3F3N3O3S/c1-27-18(22)16(17(26-27)19(23,24)25)10-28(13-3-5-14(31-2)6-4-13)32(29,30)15-8-11(20)7-12(21)9-15/h3-9H,10H2,1-2H3. The number of nitrogens with zero attached hydrogens (tertiary/aromatic N) is 3. The maximum absolute atomic E-state index is 13.6. The molecule has 0 aliphatic heterocycles. The average molecular weight is 529 g/mol. The predicted molar refractivity (Wildman–Crippen MR) is 116 cm³/mol. The Hall–Kier alpha value is -2.14. The number of alkyl halides is 3. The quantitative estimate of drug-likeness (QED) is 0.405. The fourth-order valence-corrected chi connectivity index (χ4v) is 5.27. The van der Waals surface area contributed by atoms with E-state index < -0.39 is 34.0 Å². The van der Waals surface area contributed by atoms with Crippen molar-refractivity contribution in [2.75, 3.05) is 11.4 Å². The molecule has 1 heterocycles. The molecule has 0 fully saturated rings. The smallest absolute Gasteiger partial charge is 0.435 e. The fraction of sp³-hybridized carbons (Fsp3) is 0.211. The molecule has 0 aliphatic rings. The zero-order valence-electron chi connectivity index (χ0n) is 16.5. The van der Waals surface area contributed by atoms with E-state index in [2.05, 4.69) is 5.10 Å². The van der Waals surface area contributed by atoms with Crippen LogP contribution in [-0.4, -0.2) is 25.3 Å². The number of hydrogen-bond acceptors (Lipinski definition) is 4. The lowest BCUT2D eigenvalue weighted by Crippen LogP contribution is -2.31. The summed E-state index contributed by atoms with van der Waals surface area (Å²) in [7, 11) is -1.78. The van der Waals surface area contributed by atoms with Crippen LogP contribution in [0.15, 0.2) is 47.4 Å². The number of sulfonamides is 1. The molecule has 0 N–H and O–H groups in total. The van der Waals surface area contributed by atoms with Gasteiger partial charge in [0.15, 0.2) is 5.69 Å². The number of benzene rings is 2. The first-order chi connectivity index (χ1) is 14.8. The molecule has 0 spiro atoms. The summed E-state index contributed by atoms with van der Waals surface area (Å²) in [5.74, 6) is 0.423. The Balaban J connectivity index is 2.21. The lowest BCUT2D eigenvalue weighted by molar-refractivity contribution is -0.142. The molecule has 6 nitrogen and oxygen atoms in total. The van der Waals surface area contributed by atoms with E-state index in [1.54, 1.807) is 0 Å². The molecule has 0 unspecified atom stereocenters. The van der Waals surface area contributed by atoms with Gasteiger partial charge in [-0.1, -0.05) is 34.8 Å². The number of aromatic nitrogens is 2. The lowest BCUT2D eigenvalue weighted by Gasteiger charge is -2.25. The normalized spacial score (nSPS) is 12.1. The second-order valence-electron chi connectivity index (χ2n) is 6.55. The summed E-state index contributed by atoms with van der Waals surface area (Å²) in [5.41, 5.74) is -1.73. The molecular weight excluding hydrogens is 514 g/mol. The Morgan fingerprint density at radius 3 is 2.12 bits per heavy atom. The van der Waals surface area contributed by atoms with Gasteiger partial charge in [0.25, 0.3) is 10.0 Å². The summed E-state index contributed by atoms with van der Waals surface area (Å²) >= 11 is 18.0. The molecule has 0 bridgehead atoms. The van der Waals surface area contributed by atoms with Crippen LogP contribution in [0.1, 0.15) is 11.3 Å². The highest BCUT2D eigenvalue weighted by molar-refractivity contribution is 7.92. The van der Waals surface area contributed by atoms with E-state index in [0.29, 0.717) is 5.75 Å². The van der Waals surface area contributed by atoms with Gasteiger partial charge in [-0.15, -0.1) is 0 Å². The van der Waals surface area contributed by atoms with E-state index in [-0.39, 0.29) is 25.8 Å². The van der Waals surface area contributed by atoms with Crippen molar-refractivity contribution in [1.82, 2.24) is 9.78 Å². The zero-order chi connectivity index (χ0) is 23.8. The SMILES string of the molecule is COc1ccc(N(Cc2c(C(F)(F)F)nn(C)c2Cl)S(=O)(=O)c2cc(Cl)cc(Cl)c2)cc1. The number of anilines is 1. The van der Waals surface area contributed by atoms with Crippen LogP contribution in [0.3, 0.4) is 0 Å². The molecule has 0 saturated carbocycles. The second kappa shape index (κ2) is 9.01. The largest absolute Gasteiger partial charge is 0.497 e. The monoisotopic (exact) mass is 527 g/mol. The number of aryl methyl sites for hydroxylation is 1. The number of rotatable bonds is 6. The Morgan fingerprint density at radius 2 is 1.62 bits per heavy atom. The third-order valence-electron chi connectivity index (χ3n) is 4.42. The minimum atomic E-state index is -4.85. The number of hydrogen-bond donors (Lipinski definition) is 0. The Bertz CT molecular complexity index is 1230. The van der Waals surface area contributed by atoms with Gasteiger partial charge < -0.3 is 4.74 Å². The maximum atomic E-state index is 13.6. The molecule has 1 aromatic heterocycles. The fourth-order valence-electron chi connectivity index (χ4n) is 2.93. The van der Waals surface area contributed by atoms with Gasteiger partial charge in [0.05, 0.1) is 24.2 Å². The van der Waals surface area contributed by atoms with Crippen molar-refractivity contribution in [2.24, 2.45) is 7.05 Å². The van der Waals surface area contributed by atoms with E-state index in [1.807, 2.05) is 0 Å². The minimum absolute atomic E-state index is 0.0427. The van der Waals surface area contributed by atoms with Crippen molar-refractivity contribution in [3.63, 3.8) is 0 Å². The topological polar surface area (TPSA) is 64.4 Å². The van der Waals surface area contributed by atoms with Gasteiger partial charge in [0, 0.05) is 22.7 Å². The Morgan fingerprint density at radius 1 is 1.06 bits per heavy atom. The van der Waals surface area contributed by atoms with E-state index in [0.717, 1.165) is 21.1 Å². The van der Waals surface area contributed by atoms with Crippen molar-refractivity contribution >= 4 is 50.5 Å². The van der Waals surface area contributed by atoms with Crippen LogP contribution in [0.4, 0.5) is 18.9 Å². The summed E-state index contributed by atoms with van der Waals surface area (Å²) in [6.07, 6.45) is -4.85. The highest BCUT2D eigenvalue weighted by Crippen LogP contribution is 2.37. The summed E-state index contributed by atoms with van der Waals surface area (Å²) in [6.45, 7) is -0.750. The predicted octanol–water partition coefficient (Wildman–Crippen LogP) is 5.80. The molecule has 32 heavy (non-hydrogen) atoms.